The number of unbranched alkanes of at least 4 members (excludes halogenated alkanes) is 1. The van der Waals surface area contributed by atoms with Crippen molar-refractivity contribution in [1.29, 1.82) is 0 Å². The predicted molar refractivity (Wildman–Crippen MR) is 62.9 cm³/mol. The van der Waals surface area contributed by atoms with E-state index in [0.29, 0.717) is 6.04 Å². The summed E-state index contributed by atoms with van der Waals surface area (Å²) in [7, 11) is 0. The molecular formula is C12H24N2. The van der Waals surface area contributed by atoms with Gasteiger partial charge in [-0.15, -0.1) is 0 Å². The summed E-state index contributed by atoms with van der Waals surface area (Å²) in [5.74, 6) is 0. The first-order chi connectivity index (χ1) is 6.81. The van der Waals surface area contributed by atoms with Crippen molar-refractivity contribution in [2.45, 2.75) is 65.0 Å². The molecule has 2 heteroatoms. The second kappa shape index (κ2) is 6.05. The lowest BCUT2D eigenvalue weighted by Crippen LogP contribution is -2.33. The molecule has 0 amide bonds. The molecule has 82 valence electrons. The van der Waals surface area contributed by atoms with Gasteiger partial charge in [0.2, 0.25) is 0 Å². The van der Waals surface area contributed by atoms with Crippen LogP contribution in [-0.2, 0) is 0 Å². The third-order valence-corrected chi connectivity index (χ3v) is 3.15. The molecule has 0 spiro atoms. The molecule has 0 fully saturated rings. The van der Waals surface area contributed by atoms with E-state index in [2.05, 4.69) is 37.0 Å². The quantitative estimate of drug-likeness (QED) is 0.637. The molecule has 1 aliphatic rings. The Morgan fingerprint density at radius 1 is 1.43 bits per heavy atom. The Hall–Kier alpha value is -0.530. The Balaban J connectivity index is 2.35. The molecule has 0 saturated heterocycles. The highest BCUT2D eigenvalue weighted by Crippen LogP contribution is 2.16. The van der Waals surface area contributed by atoms with E-state index in [9.17, 15) is 0 Å². The number of rotatable bonds is 6. The number of aliphatic imine (C=N–C) groups is 1. The molecule has 0 aromatic rings. The van der Waals surface area contributed by atoms with Crippen molar-refractivity contribution in [3.8, 4) is 0 Å². The lowest BCUT2D eigenvalue weighted by Gasteiger charge is -2.26. The first kappa shape index (κ1) is 11.5. The molecule has 0 saturated carbocycles. The minimum Gasteiger partial charge on any atom is -0.358 e. The fraction of sp³-hybridized carbons (Fsp3) is 0.917. The summed E-state index contributed by atoms with van der Waals surface area (Å²) in [5, 5.41) is 0. The molecule has 2 nitrogen and oxygen atoms in total. The molecule has 0 bridgehead atoms. The zero-order valence-corrected chi connectivity index (χ0v) is 9.87. The monoisotopic (exact) mass is 196 g/mol. The minimum absolute atomic E-state index is 0.561. The van der Waals surface area contributed by atoms with Gasteiger partial charge < -0.3 is 4.90 Å². The van der Waals surface area contributed by atoms with E-state index in [1.54, 1.807) is 0 Å². The Morgan fingerprint density at radius 3 is 2.71 bits per heavy atom. The molecule has 0 aliphatic carbocycles. The smallest absolute Gasteiger partial charge is 0.0857 e. The maximum atomic E-state index is 4.51. The van der Waals surface area contributed by atoms with Crippen LogP contribution < -0.4 is 0 Å². The molecule has 1 aliphatic heterocycles. The highest BCUT2D eigenvalue weighted by Gasteiger charge is 2.21. The van der Waals surface area contributed by atoms with Gasteiger partial charge in [0.05, 0.1) is 12.4 Å². The molecule has 0 aromatic carbocycles. The van der Waals surface area contributed by atoms with E-state index in [0.717, 1.165) is 12.6 Å². The first-order valence-electron chi connectivity index (χ1n) is 6.10. The number of hydrogen-bond donors (Lipinski definition) is 0. The summed E-state index contributed by atoms with van der Waals surface area (Å²) in [4.78, 5) is 6.96. The Labute approximate surface area is 88.4 Å². The Bertz CT molecular complexity index is 177. The van der Waals surface area contributed by atoms with Crippen LogP contribution in [0.3, 0.4) is 0 Å². The van der Waals surface area contributed by atoms with Crippen molar-refractivity contribution in [3.05, 3.63) is 0 Å². The minimum atomic E-state index is 0.561. The Kier molecular flexibility index (Phi) is 4.99. The van der Waals surface area contributed by atoms with Gasteiger partial charge in [-0.3, -0.25) is 4.99 Å². The summed E-state index contributed by atoms with van der Waals surface area (Å²) in [5.41, 5.74) is 0. The molecular weight excluding hydrogens is 172 g/mol. The fourth-order valence-corrected chi connectivity index (χ4v) is 2.04. The van der Waals surface area contributed by atoms with Crippen LogP contribution in [0.2, 0.25) is 0 Å². The average molecular weight is 196 g/mol. The predicted octanol–water partition coefficient (Wildman–Crippen LogP) is 3.08. The third kappa shape index (κ3) is 3.00. The zero-order valence-electron chi connectivity index (χ0n) is 9.87. The molecule has 2 unspecified atom stereocenters. The van der Waals surface area contributed by atoms with Crippen LogP contribution in [0.4, 0.5) is 0 Å². The molecule has 14 heavy (non-hydrogen) atoms. The summed E-state index contributed by atoms with van der Waals surface area (Å²) >= 11 is 0. The standard InChI is InChI=1S/C12H24N2/c1-4-7-8-12(6-3)14-9-11(5-2)13-10-14/h10-12H,4-9H2,1-3H3. The van der Waals surface area contributed by atoms with Crippen LogP contribution in [0.5, 0.6) is 0 Å². The SMILES string of the molecule is CCCCC(CC)N1C=NC(CC)C1. The summed E-state index contributed by atoms with van der Waals surface area (Å²) < 4.78 is 0. The van der Waals surface area contributed by atoms with E-state index >= 15 is 0 Å². The second-order valence-corrected chi connectivity index (χ2v) is 4.23. The molecule has 1 rings (SSSR count). The molecule has 0 radical (unpaired) electrons. The van der Waals surface area contributed by atoms with Gasteiger partial charge in [0.15, 0.2) is 0 Å². The molecule has 0 N–H and O–H groups in total. The largest absolute Gasteiger partial charge is 0.358 e. The Morgan fingerprint density at radius 2 is 2.21 bits per heavy atom. The molecule has 0 aromatic heterocycles. The van der Waals surface area contributed by atoms with Crippen molar-refractivity contribution in [3.63, 3.8) is 0 Å². The third-order valence-electron chi connectivity index (χ3n) is 3.15. The van der Waals surface area contributed by atoms with Gasteiger partial charge in [0, 0.05) is 12.6 Å². The van der Waals surface area contributed by atoms with Crippen molar-refractivity contribution in [2.75, 3.05) is 6.54 Å². The van der Waals surface area contributed by atoms with Crippen molar-refractivity contribution >= 4 is 6.34 Å². The van der Waals surface area contributed by atoms with Gasteiger partial charge in [0.25, 0.3) is 0 Å². The van der Waals surface area contributed by atoms with Gasteiger partial charge in [0.1, 0.15) is 0 Å². The zero-order chi connectivity index (χ0) is 10.4. The van der Waals surface area contributed by atoms with Gasteiger partial charge >= 0.3 is 0 Å². The highest BCUT2D eigenvalue weighted by atomic mass is 15.2. The van der Waals surface area contributed by atoms with Gasteiger partial charge in [-0.2, -0.15) is 0 Å². The maximum Gasteiger partial charge on any atom is 0.0857 e. The summed E-state index contributed by atoms with van der Waals surface area (Å²) in [6, 6.07) is 1.29. The van der Waals surface area contributed by atoms with Crippen molar-refractivity contribution in [2.24, 2.45) is 4.99 Å². The van der Waals surface area contributed by atoms with E-state index < -0.39 is 0 Å². The van der Waals surface area contributed by atoms with Gasteiger partial charge in [-0.1, -0.05) is 33.6 Å². The van der Waals surface area contributed by atoms with E-state index in [1.807, 2.05) is 0 Å². The van der Waals surface area contributed by atoms with Crippen LogP contribution in [0.25, 0.3) is 0 Å². The normalized spacial score (nSPS) is 23.1. The van der Waals surface area contributed by atoms with E-state index in [-0.39, 0.29) is 0 Å². The second-order valence-electron chi connectivity index (χ2n) is 4.23. The van der Waals surface area contributed by atoms with Crippen molar-refractivity contribution in [1.82, 2.24) is 4.90 Å². The first-order valence-corrected chi connectivity index (χ1v) is 6.10. The topological polar surface area (TPSA) is 15.6 Å². The number of nitrogens with zero attached hydrogens (tertiary/aromatic N) is 2. The van der Waals surface area contributed by atoms with Gasteiger partial charge in [-0.25, -0.2) is 0 Å². The van der Waals surface area contributed by atoms with E-state index in [4.69, 9.17) is 0 Å². The maximum absolute atomic E-state index is 4.51. The van der Waals surface area contributed by atoms with Gasteiger partial charge in [-0.05, 0) is 19.3 Å². The lowest BCUT2D eigenvalue weighted by molar-refractivity contribution is 0.294. The van der Waals surface area contributed by atoms with E-state index in [1.165, 1.54) is 32.1 Å². The fourth-order valence-electron chi connectivity index (χ4n) is 2.04. The highest BCUT2D eigenvalue weighted by molar-refractivity contribution is 5.58. The molecule has 2 atom stereocenters. The summed E-state index contributed by atoms with van der Waals surface area (Å²) in [6.07, 6.45) is 8.49. The summed E-state index contributed by atoms with van der Waals surface area (Å²) in [6.45, 7) is 7.92. The van der Waals surface area contributed by atoms with Crippen LogP contribution >= 0.6 is 0 Å². The molecule has 1 heterocycles. The van der Waals surface area contributed by atoms with Crippen molar-refractivity contribution < 1.29 is 0 Å². The number of hydrogen-bond acceptors (Lipinski definition) is 2. The van der Waals surface area contributed by atoms with Crippen LogP contribution in [0.15, 0.2) is 4.99 Å². The lowest BCUT2D eigenvalue weighted by atomic mass is 10.1. The van der Waals surface area contributed by atoms with Crippen LogP contribution in [0.1, 0.15) is 52.9 Å². The average Bonchev–Trinajstić information content (AvgIpc) is 2.68. The van der Waals surface area contributed by atoms with Crippen LogP contribution in [-0.4, -0.2) is 29.9 Å². The van der Waals surface area contributed by atoms with Crippen LogP contribution in [0, 0.1) is 0 Å².